The van der Waals surface area contributed by atoms with Crippen molar-refractivity contribution >= 4 is 29.4 Å². The van der Waals surface area contributed by atoms with Gasteiger partial charge in [-0.1, -0.05) is 13.8 Å². The summed E-state index contributed by atoms with van der Waals surface area (Å²) in [4.78, 5) is 47.0. The molecule has 0 saturated carbocycles. The minimum absolute atomic E-state index is 0.0727. The summed E-state index contributed by atoms with van der Waals surface area (Å²) in [6.45, 7) is 8.75. The van der Waals surface area contributed by atoms with Crippen LogP contribution in [-0.2, 0) is 19.1 Å². The smallest absolute Gasteiger partial charge is 0.407 e. The van der Waals surface area contributed by atoms with Crippen molar-refractivity contribution < 1.29 is 28.7 Å². The molecule has 0 radical (unpaired) electrons. The van der Waals surface area contributed by atoms with Gasteiger partial charge in [0.2, 0.25) is 5.91 Å². The SMILES string of the molecule is CC(C)C(=O)Nc1ccc(C(=O)COC(=O)CCCNC(=O)OC(C)(C)C)cc1. The Labute approximate surface area is 171 Å². The molecule has 0 aliphatic carbocycles. The molecule has 0 aromatic heterocycles. The van der Waals surface area contributed by atoms with E-state index in [4.69, 9.17) is 9.47 Å². The average Bonchev–Trinajstić information content (AvgIpc) is 2.62. The van der Waals surface area contributed by atoms with Gasteiger partial charge in [-0.3, -0.25) is 14.4 Å². The van der Waals surface area contributed by atoms with Crippen molar-refractivity contribution in [2.75, 3.05) is 18.5 Å². The van der Waals surface area contributed by atoms with Crippen molar-refractivity contribution in [1.82, 2.24) is 5.32 Å². The second-order valence-corrected chi connectivity index (χ2v) is 7.84. The van der Waals surface area contributed by atoms with Gasteiger partial charge in [0.05, 0.1) is 0 Å². The molecule has 0 unspecified atom stereocenters. The van der Waals surface area contributed by atoms with Crippen LogP contribution in [0.1, 0.15) is 57.8 Å². The molecule has 0 saturated heterocycles. The van der Waals surface area contributed by atoms with Crippen molar-refractivity contribution in [2.24, 2.45) is 5.92 Å². The monoisotopic (exact) mass is 406 g/mol. The van der Waals surface area contributed by atoms with Crippen molar-refractivity contribution in [1.29, 1.82) is 0 Å². The van der Waals surface area contributed by atoms with E-state index in [9.17, 15) is 19.2 Å². The fraction of sp³-hybridized carbons (Fsp3) is 0.524. The molecule has 0 fully saturated rings. The standard InChI is InChI=1S/C21H30N2O6/c1-14(2)19(26)23-16-10-8-15(9-11-16)17(24)13-28-18(25)7-6-12-22-20(27)29-21(3,4)5/h8-11,14H,6-7,12-13H2,1-5H3,(H,22,27)(H,23,26). The zero-order valence-corrected chi connectivity index (χ0v) is 17.7. The van der Waals surface area contributed by atoms with Gasteiger partial charge < -0.3 is 20.1 Å². The van der Waals surface area contributed by atoms with Gasteiger partial charge in [-0.25, -0.2) is 4.79 Å². The molecule has 0 bridgehead atoms. The molecule has 1 aromatic rings. The zero-order chi connectivity index (χ0) is 22.0. The molecule has 160 valence electrons. The maximum absolute atomic E-state index is 12.1. The summed E-state index contributed by atoms with van der Waals surface area (Å²) in [5, 5.41) is 5.28. The summed E-state index contributed by atoms with van der Waals surface area (Å²) in [5.41, 5.74) is 0.392. The van der Waals surface area contributed by atoms with Crippen LogP contribution in [0.2, 0.25) is 0 Å². The van der Waals surface area contributed by atoms with E-state index in [1.54, 1.807) is 58.9 Å². The van der Waals surface area contributed by atoms with Crippen LogP contribution in [-0.4, -0.2) is 42.5 Å². The molecular weight excluding hydrogens is 376 g/mol. The van der Waals surface area contributed by atoms with E-state index in [2.05, 4.69) is 10.6 Å². The molecule has 8 heteroatoms. The highest BCUT2D eigenvalue weighted by molar-refractivity contribution is 5.99. The quantitative estimate of drug-likeness (QED) is 0.370. The summed E-state index contributed by atoms with van der Waals surface area (Å²) in [6.07, 6.45) is -0.103. The van der Waals surface area contributed by atoms with Crippen LogP contribution in [0.4, 0.5) is 10.5 Å². The third-order valence-electron chi connectivity index (χ3n) is 3.59. The van der Waals surface area contributed by atoms with Gasteiger partial charge in [-0.05, 0) is 51.5 Å². The van der Waals surface area contributed by atoms with Crippen LogP contribution in [0, 0.1) is 5.92 Å². The second-order valence-electron chi connectivity index (χ2n) is 7.84. The number of esters is 1. The van der Waals surface area contributed by atoms with Crippen LogP contribution in [0.3, 0.4) is 0 Å². The van der Waals surface area contributed by atoms with Gasteiger partial charge in [0.1, 0.15) is 5.60 Å². The lowest BCUT2D eigenvalue weighted by molar-refractivity contribution is -0.142. The summed E-state index contributed by atoms with van der Waals surface area (Å²) in [7, 11) is 0. The van der Waals surface area contributed by atoms with Crippen molar-refractivity contribution in [3.05, 3.63) is 29.8 Å². The minimum atomic E-state index is -0.582. The van der Waals surface area contributed by atoms with E-state index >= 15 is 0 Å². The first-order chi connectivity index (χ1) is 13.5. The minimum Gasteiger partial charge on any atom is -0.457 e. The zero-order valence-electron chi connectivity index (χ0n) is 17.7. The summed E-state index contributed by atoms with van der Waals surface area (Å²) < 4.78 is 10.0. The number of benzene rings is 1. The highest BCUT2D eigenvalue weighted by Gasteiger charge is 2.16. The third kappa shape index (κ3) is 10.3. The predicted molar refractivity (Wildman–Crippen MR) is 109 cm³/mol. The molecular formula is C21H30N2O6. The average molecular weight is 406 g/mol. The first kappa shape index (κ1) is 24.1. The van der Waals surface area contributed by atoms with Crippen LogP contribution in [0.5, 0.6) is 0 Å². The Hall–Kier alpha value is -2.90. The largest absolute Gasteiger partial charge is 0.457 e. The second kappa shape index (κ2) is 11.2. The Morgan fingerprint density at radius 1 is 1.03 bits per heavy atom. The van der Waals surface area contributed by atoms with Crippen molar-refractivity contribution in [2.45, 2.75) is 53.1 Å². The number of hydrogen-bond acceptors (Lipinski definition) is 6. The summed E-state index contributed by atoms with van der Waals surface area (Å²) in [5.74, 6) is -1.12. The number of rotatable bonds is 9. The molecule has 2 N–H and O–H groups in total. The lowest BCUT2D eigenvalue weighted by Crippen LogP contribution is -2.33. The van der Waals surface area contributed by atoms with Gasteiger partial charge in [-0.15, -0.1) is 0 Å². The molecule has 0 spiro atoms. The molecule has 0 atom stereocenters. The van der Waals surface area contributed by atoms with Gasteiger partial charge in [-0.2, -0.15) is 0 Å². The Bertz CT molecular complexity index is 720. The van der Waals surface area contributed by atoms with Crippen molar-refractivity contribution in [3.8, 4) is 0 Å². The Morgan fingerprint density at radius 2 is 1.66 bits per heavy atom. The number of Topliss-reactive ketones (excluding diaryl/α,β-unsaturated/α-hetero) is 1. The van der Waals surface area contributed by atoms with Crippen LogP contribution in [0.15, 0.2) is 24.3 Å². The highest BCUT2D eigenvalue weighted by atomic mass is 16.6. The Morgan fingerprint density at radius 3 is 2.21 bits per heavy atom. The fourth-order valence-corrected chi connectivity index (χ4v) is 2.06. The van der Waals surface area contributed by atoms with E-state index in [0.29, 0.717) is 17.7 Å². The highest BCUT2D eigenvalue weighted by Crippen LogP contribution is 2.12. The summed E-state index contributed by atoms with van der Waals surface area (Å²) in [6, 6.07) is 6.38. The fourth-order valence-electron chi connectivity index (χ4n) is 2.06. The number of carbonyl (C=O) groups excluding carboxylic acids is 4. The van der Waals surface area contributed by atoms with E-state index in [0.717, 1.165) is 0 Å². The Kier molecular flexibility index (Phi) is 9.31. The van der Waals surface area contributed by atoms with Gasteiger partial charge in [0.15, 0.2) is 12.4 Å². The molecule has 0 aliphatic rings. The van der Waals surface area contributed by atoms with Crippen molar-refractivity contribution in [3.63, 3.8) is 0 Å². The first-order valence-electron chi connectivity index (χ1n) is 9.54. The third-order valence-corrected chi connectivity index (χ3v) is 3.59. The van der Waals surface area contributed by atoms with Gasteiger partial charge in [0, 0.05) is 30.1 Å². The van der Waals surface area contributed by atoms with Gasteiger partial charge in [0.25, 0.3) is 0 Å². The number of alkyl carbamates (subject to hydrolysis) is 1. The van der Waals surface area contributed by atoms with Crippen LogP contribution in [0.25, 0.3) is 0 Å². The molecule has 1 rings (SSSR count). The number of amides is 2. The van der Waals surface area contributed by atoms with E-state index in [1.165, 1.54) is 0 Å². The number of carbonyl (C=O) groups is 4. The lowest BCUT2D eigenvalue weighted by Gasteiger charge is -2.19. The molecule has 8 nitrogen and oxygen atoms in total. The molecule has 29 heavy (non-hydrogen) atoms. The van der Waals surface area contributed by atoms with Gasteiger partial charge >= 0.3 is 12.1 Å². The van der Waals surface area contributed by atoms with Crippen LogP contribution >= 0.6 is 0 Å². The maximum atomic E-state index is 12.1. The van der Waals surface area contributed by atoms with E-state index in [-0.39, 0.29) is 37.2 Å². The number of nitrogens with one attached hydrogen (secondary N) is 2. The van der Waals surface area contributed by atoms with Crippen LogP contribution < -0.4 is 10.6 Å². The molecule has 0 aliphatic heterocycles. The molecule has 0 heterocycles. The normalized spacial score (nSPS) is 11.0. The number of ketones is 1. The number of anilines is 1. The molecule has 2 amide bonds. The van der Waals surface area contributed by atoms with E-state index < -0.39 is 17.7 Å². The first-order valence-corrected chi connectivity index (χ1v) is 9.54. The summed E-state index contributed by atoms with van der Waals surface area (Å²) >= 11 is 0. The Balaban J connectivity index is 2.30. The maximum Gasteiger partial charge on any atom is 0.407 e. The topological polar surface area (TPSA) is 111 Å². The molecule has 1 aromatic carbocycles. The lowest BCUT2D eigenvalue weighted by atomic mass is 10.1. The number of ether oxygens (including phenoxy) is 2. The van der Waals surface area contributed by atoms with E-state index in [1.807, 2.05) is 0 Å². The number of hydrogen-bond donors (Lipinski definition) is 2. The predicted octanol–water partition coefficient (Wildman–Crippen LogP) is 3.31.